The largest absolute Gasteiger partial charge is 0.474 e. The molecule has 0 aliphatic carbocycles. The van der Waals surface area contributed by atoms with Crippen molar-refractivity contribution in [1.82, 2.24) is 15.0 Å². The number of carbonyl (C=O) groups is 2. The highest BCUT2D eigenvalue weighted by molar-refractivity contribution is 5.93. The first-order valence-corrected chi connectivity index (χ1v) is 13.2. The van der Waals surface area contributed by atoms with Crippen LogP contribution in [0.25, 0.3) is 0 Å². The lowest BCUT2D eigenvalue weighted by Gasteiger charge is -2.35. The number of nitrogens with one attached hydrogen (secondary N) is 1. The molecule has 2 aromatic heterocycles. The summed E-state index contributed by atoms with van der Waals surface area (Å²) in [5.41, 5.74) is 5.90. The summed E-state index contributed by atoms with van der Waals surface area (Å²) in [4.78, 5) is 42.6. The van der Waals surface area contributed by atoms with Crippen LogP contribution in [0.5, 0.6) is 5.88 Å². The van der Waals surface area contributed by atoms with Crippen molar-refractivity contribution in [2.24, 2.45) is 0 Å². The van der Waals surface area contributed by atoms with Crippen molar-refractivity contribution in [2.75, 3.05) is 41.9 Å². The van der Waals surface area contributed by atoms with Crippen LogP contribution in [-0.2, 0) is 22.4 Å². The number of aromatic nitrogens is 3. The molecule has 2 aliphatic heterocycles. The number of rotatable bonds is 4. The highest BCUT2D eigenvalue weighted by atomic mass is 16.6. The third kappa shape index (κ3) is 5.49. The Balaban J connectivity index is 1.38. The Morgan fingerprint density at radius 1 is 1.10 bits per heavy atom. The highest BCUT2D eigenvalue weighted by Crippen LogP contribution is 2.39. The van der Waals surface area contributed by atoms with Crippen molar-refractivity contribution in [3.05, 3.63) is 58.5 Å². The zero-order valence-corrected chi connectivity index (χ0v) is 23.7. The summed E-state index contributed by atoms with van der Waals surface area (Å²) in [6.07, 6.45) is 4.00. The molecule has 0 atom stereocenters. The molecule has 0 radical (unpaired) electrons. The van der Waals surface area contributed by atoms with Crippen molar-refractivity contribution >= 4 is 35.1 Å². The number of amides is 1. The van der Waals surface area contributed by atoms with Crippen LogP contribution < -0.4 is 19.9 Å². The van der Waals surface area contributed by atoms with Gasteiger partial charge in [-0.1, -0.05) is 0 Å². The van der Waals surface area contributed by atoms with Gasteiger partial charge in [-0.15, -0.1) is 0 Å². The van der Waals surface area contributed by atoms with Gasteiger partial charge in [0.15, 0.2) is 0 Å². The van der Waals surface area contributed by atoms with Gasteiger partial charge in [0, 0.05) is 24.0 Å². The smallest absolute Gasteiger partial charge is 0.415 e. The molecule has 11 heteroatoms. The fourth-order valence-electron chi connectivity index (χ4n) is 4.93. The summed E-state index contributed by atoms with van der Waals surface area (Å²) < 4.78 is 16.3. The molecule has 2 aliphatic rings. The van der Waals surface area contributed by atoms with Gasteiger partial charge in [0.05, 0.1) is 43.3 Å². The van der Waals surface area contributed by atoms with E-state index in [9.17, 15) is 9.59 Å². The van der Waals surface area contributed by atoms with Crippen molar-refractivity contribution in [3.8, 4) is 5.88 Å². The lowest BCUT2D eigenvalue weighted by molar-refractivity contribution is 0.0564. The van der Waals surface area contributed by atoms with Crippen LogP contribution in [0.4, 0.5) is 27.8 Å². The van der Waals surface area contributed by atoms with Gasteiger partial charge in [0.1, 0.15) is 17.9 Å². The number of methoxy groups -OCH3 is 1. The number of nitrogens with zero attached hydrogens (tertiary/aromatic N) is 5. The second-order valence-electron chi connectivity index (χ2n) is 10.9. The molecule has 210 valence electrons. The number of carbonyl (C=O) groups excluding carboxylic acids is 2. The second kappa shape index (κ2) is 10.6. The van der Waals surface area contributed by atoms with Crippen molar-refractivity contribution < 1.29 is 23.8 Å². The van der Waals surface area contributed by atoms with Crippen LogP contribution in [0.15, 0.2) is 30.6 Å². The quantitative estimate of drug-likeness (QED) is 0.461. The standard InChI is InChI=1S/C29H34N6O5/c1-17-13-20(7-8-21(17)26(36)38-6)32-27-31-14-19-9-10-34(16-22(19)33-27)23-15-30-25-24(18(23)2)35(11-12-39-25)28(37)40-29(3,4)5/h7-8,13-15H,9-12,16H2,1-6H3,(H,31,32,33). The number of aryl methyl sites for hydroxylation is 1. The Bertz CT molecular complexity index is 1470. The van der Waals surface area contributed by atoms with Crippen LogP contribution in [0, 0.1) is 13.8 Å². The number of hydrogen-bond donors (Lipinski definition) is 1. The number of esters is 1. The van der Waals surface area contributed by atoms with E-state index >= 15 is 0 Å². The lowest BCUT2D eigenvalue weighted by Crippen LogP contribution is -2.42. The SMILES string of the molecule is COC(=O)c1ccc(Nc2ncc3c(n2)CN(c2cnc4c(c2C)N(C(=O)OC(C)(C)C)CCO4)CC3)cc1C. The molecule has 0 unspecified atom stereocenters. The van der Waals surface area contributed by atoms with Gasteiger partial charge in [-0.25, -0.2) is 24.5 Å². The maximum absolute atomic E-state index is 13.0. The van der Waals surface area contributed by atoms with Gasteiger partial charge in [-0.05, 0) is 70.4 Å². The topological polar surface area (TPSA) is 119 Å². The maximum Gasteiger partial charge on any atom is 0.415 e. The average Bonchev–Trinajstić information content (AvgIpc) is 2.91. The van der Waals surface area contributed by atoms with Crippen molar-refractivity contribution in [3.63, 3.8) is 0 Å². The summed E-state index contributed by atoms with van der Waals surface area (Å²) in [6.45, 7) is 11.4. The van der Waals surface area contributed by atoms with E-state index in [1.54, 1.807) is 23.2 Å². The highest BCUT2D eigenvalue weighted by Gasteiger charge is 2.32. The molecule has 0 saturated heterocycles. The molecule has 0 fully saturated rings. The van der Waals surface area contributed by atoms with Gasteiger partial charge in [0.25, 0.3) is 0 Å². The maximum atomic E-state index is 13.0. The fourth-order valence-corrected chi connectivity index (χ4v) is 4.93. The Labute approximate surface area is 233 Å². The fraction of sp³-hybridized carbons (Fsp3) is 0.414. The number of anilines is 4. The molecule has 0 bridgehead atoms. The van der Waals surface area contributed by atoms with E-state index in [2.05, 4.69) is 20.2 Å². The van der Waals surface area contributed by atoms with E-state index in [1.165, 1.54) is 7.11 Å². The third-order valence-electron chi connectivity index (χ3n) is 6.86. The van der Waals surface area contributed by atoms with E-state index < -0.39 is 11.7 Å². The molecule has 1 N–H and O–H groups in total. The zero-order valence-electron chi connectivity index (χ0n) is 23.7. The van der Waals surface area contributed by atoms with E-state index in [0.717, 1.165) is 46.7 Å². The van der Waals surface area contributed by atoms with E-state index in [1.807, 2.05) is 46.9 Å². The summed E-state index contributed by atoms with van der Waals surface area (Å²) in [6, 6.07) is 5.39. The molecular weight excluding hydrogens is 512 g/mol. The summed E-state index contributed by atoms with van der Waals surface area (Å²) in [5.74, 6) is 0.524. The first-order valence-electron chi connectivity index (χ1n) is 13.2. The van der Waals surface area contributed by atoms with E-state index in [0.29, 0.717) is 42.8 Å². The van der Waals surface area contributed by atoms with Crippen LogP contribution >= 0.6 is 0 Å². The van der Waals surface area contributed by atoms with Crippen LogP contribution in [0.2, 0.25) is 0 Å². The average molecular weight is 547 g/mol. The number of ether oxygens (including phenoxy) is 3. The van der Waals surface area contributed by atoms with Gasteiger partial charge in [-0.3, -0.25) is 4.90 Å². The van der Waals surface area contributed by atoms with Crippen LogP contribution in [0.1, 0.15) is 53.5 Å². The third-order valence-corrected chi connectivity index (χ3v) is 6.86. The second-order valence-corrected chi connectivity index (χ2v) is 10.9. The van der Waals surface area contributed by atoms with E-state index in [4.69, 9.17) is 19.2 Å². The number of hydrogen-bond acceptors (Lipinski definition) is 10. The van der Waals surface area contributed by atoms with Crippen molar-refractivity contribution in [1.29, 1.82) is 0 Å². The summed E-state index contributed by atoms with van der Waals surface area (Å²) >= 11 is 0. The monoisotopic (exact) mass is 546 g/mol. The Morgan fingerprint density at radius 2 is 1.90 bits per heavy atom. The number of pyridine rings is 1. The molecule has 1 aromatic carbocycles. The molecule has 3 aromatic rings. The summed E-state index contributed by atoms with van der Waals surface area (Å²) in [5, 5.41) is 3.24. The van der Waals surface area contributed by atoms with Crippen LogP contribution in [0.3, 0.4) is 0 Å². The normalized spacial score (nSPS) is 14.6. The first kappa shape index (κ1) is 27.2. The van der Waals surface area contributed by atoms with Gasteiger partial charge >= 0.3 is 12.1 Å². The van der Waals surface area contributed by atoms with E-state index in [-0.39, 0.29) is 5.97 Å². The number of fused-ring (bicyclic) bond motifs is 2. The minimum absolute atomic E-state index is 0.354. The van der Waals surface area contributed by atoms with Crippen LogP contribution in [-0.4, -0.2) is 59.4 Å². The minimum atomic E-state index is -0.612. The molecule has 5 rings (SSSR count). The van der Waals surface area contributed by atoms with Gasteiger partial charge in [-0.2, -0.15) is 0 Å². The predicted molar refractivity (Wildman–Crippen MR) is 151 cm³/mol. The predicted octanol–water partition coefficient (Wildman–Crippen LogP) is 4.72. The minimum Gasteiger partial charge on any atom is -0.474 e. The Hall–Kier alpha value is -4.41. The first-order chi connectivity index (χ1) is 19.0. The molecule has 1 amide bonds. The molecule has 40 heavy (non-hydrogen) atoms. The number of benzene rings is 1. The summed E-state index contributed by atoms with van der Waals surface area (Å²) in [7, 11) is 1.37. The molecular formula is C29H34N6O5. The molecule has 4 heterocycles. The van der Waals surface area contributed by atoms with Gasteiger partial charge in [0.2, 0.25) is 11.8 Å². The lowest BCUT2D eigenvalue weighted by atomic mass is 10.0. The Kier molecular flexibility index (Phi) is 7.22. The molecule has 0 spiro atoms. The van der Waals surface area contributed by atoms with Crippen molar-refractivity contribution in [2.45, 2.75) is 53.2 Å². The molecule has 0 saturated carbocycles. The molecule has 11 nitrogen and oxygen atoms in total. The van der Waals surface area contributed by atoms with Gasteiger partial charge < -0.3 is 24.4 Å². The Morgan fingerprint density at radius 3 is 2.62 bits per heavy atom. The zero-order chi connectivity index (χ0) is 28.6.